The smallest absolute Gasteiger partial charge is 0.253 e. The van der Waals surface area contributed by atoms with Crippen molar-refractivity contribution in [1.82, 2.24) is 4.90 Å². The minimum Gasteiger partial charge on any atom is -0.401 e. The summed E-state index contributed by atoms with van der Waals surface area (Å²) in [5.74, 6) is 0.384. The highest BCUT2D eigenvalue weighted by Crippen LogP contribution is 2.30. The van der Waals surface area contributed by atoms with Gasteiger partial charge < -0.3 is 9.47 Å². The van der Waals surface area contributed by atoms with Gasteiger partial charge >= 0.3 is 0 Å². The molecule has 5 heteroatoms. The fraction of sp³-hybridized carbons (Fsp3) is 0.0667. The number of benzene rings is 1. The fourth-order valence-electron chi connectivity index (χ4n) is 1.84. The molecule has 0 radical (unpaired) electrons. The van der Waals surface area contributed by atoms with E-state index < -0.39 is 0 Å². The maximum Gasteiger partial charge on any atom is 0.253 e. The van der Waals surface area contributed by atoms with Gasteiger partial charge in [-0.05, 0) is 23.8 Å². The molecule has 98 valence electrons. The number of fused-ring (bicyclic) bond motifs is 1. The van der Waals surface area contributed by atoms with Gasteiger partial charge in [-0.1, -0.05) is 12.1 Å². The summed E-state index contributed by atoms with van der Waals surface area (Å²) in [6, 6.07) is 5.18. The van der Waals surface area contributed by atoms with Crippen LogP contribution < -0.4 is 9.47 Å². The minimum absolute atomic E-state index is 0.294. The first kappa shape index (κ1) is 12.1. The molecule has 2 aliphatic heterocycles. The summed E-state index contributed by atoms with van der Waals surface area (Å²) < 4.78 is 10.2. The summed E-state index contributed by atoms with van der Waals surface area (Å²) >= 11 is 0. The Morgan fingerprint density at radius 2 is 2.05 bits per heavy atom. The van der Waals surface area contributed by atoms with E-state index in [1.165, 1.54) is 12.2 Å². The molecule has 0 aromatic heterocycles. The molecule has 3 rings (SSSR count). The maximum atomic E-state index is 11.8. The molecule has 0 bridgehead atoms. The van der Waals surface area contributed by atoms with Gasteiger partial charge in [0.05, 0.1) is 0 Å². The first-order valence-electron chi connectivity index (χ1n) is 5.92. The van der Waals surface area contributed by atoms with Crippen molar-refractivity contribution in [3.63, 3.8) is 0 Å². The monoisotopic (exact) mass is 267 g/mol. The van der Waals surface area contributed by atoms with Crippen LogP contribution in [0.3, 0.4) is 0 Å². The summed E-state index contributed by atoms with van der Waals surface area (Å²) in [7, 11) is 0. The van der Waals surface area contributed by atoms with E-state index in [4.69, 9.17) is 9.47 Å². The summed E-state index contributed by atoms with van der Waals surface area (Å²) in [5, 5.41) is 0. The van der Waals surface area contributed by atoms with Gasteiger partial charge in [0.15, 0.2) is 23.7 Å². The molecule has 0 spiro atoms. The first-order valence-corrected chi connectivity index (χ1v) is 5.92. The molecule has 0 saturated carbocycles. The second-order valence-electron chi connectivity index (χ2n) is 4.14. The Balaban J connectivity index is 1.74. The first-order chi connectivity index (χ1) is 9.74. The molecule has 2 heterocycles. The van der Waals surface area contributed by atoms with Crippen molar-refractivity contribution < 1.29 is 19.1 Å². The number of imide groups is 1. The fourth-order valence-corrected chi connectivity index (χ4v) is 1.84. The quantitative estimate of drug-likeness (QED) is 0.599. The number of carbonyl (C=O) groups excluding carboxylic acids is 2. The lowest BCUT2D eigenvalue weighted by molar-refractivity contribution is -0.137. The van der Waals surface area contributed by atoms with E-state index in [0.29, 0.717) is 18.0 Å². The van der Waals surface area contributed by atoms with Crippen molar-refractivity contribution in [2.45, 2.75) is 0 Å². The molecule has 0 fully saturated rings. The highest BCUT2D eigenvalue weighted by atomic mass is 16.5. The van der Waals surface area contributed by atoms with Crippen LogP contribution in [0.2, 0.25) is 0 Å². The number of hydrogen-bond acceptors (Lipinski definition) is 4. The van der Waals surface area contributed by atoms with Crippen molar-refractivity contribution in [3.8, 4) is 23.7 Å². The zero-order valence-corrected chi connectivity index (χ0v) is 10.3. The van der Waals surface area contributed by atoms with Gasteiger partial charge in [-0.15, -0.1) is 0 Å². The SMILES string of the molecule is O=C1C=CCN1C(=O)/C=C/c1ccc2c(c1)OC#CO2. The lowest BCUT2D eigenvalue weighted by Gasteiger charge is -2.10. The highest BCUT2D eigenvalue weighted by molar-refractivity contribution is 6.08. The number of amides is 2. The van der Waals surface area contributed by atoms with Gasteiger partial charge in [0, 0.05) is 18.7 Å². The molecule has 0 saturated heterocycles. The molecule has 1 aromatic rings. The molecule has 2 aliphatic rings. The predicted molar refractivity (Wildman–Crippen MR) is 70.4 cm³/mol. The maximum absolute atomic E-state index is 11.8. The second-order valence-corrected chi connectivity index (χ2v) is 4.14. The predicted octanol–water partition coefficient (Wildman–Crippen LogP) is 1.31. The third kappa shape index (κ3) is 2.27. The molecule has 0 atom stereocenters. The Morgan fingerprint density at radius 3 is 2.80 bits per heavy atom. The van der Waals surface area contributed by atoms with Crippen molar-refractivity contribution in [3.05, 3.63) is 42.0 Å². The Morgan fingerprint density at radius 1 is 1.25 bits per heavy atom. The van der Waals surface area contributed by atoms with Crippen molar-refractivity contribution >= 4 is 17.9 Å². The number of rotatable bonds is 2. The average molecular weight is 267 g/mol. The number of nitrogens with zero attached hydrogens (tertiary/aromatic N) is 1. The van der Waals surface area contributed by atoms with Crippen molar-refractivity contribution in [1.29, 1.82) is 0 Å². The molecular weight excluding hydrogens is 258 g/mol. The van der Waals surface area contributed by atoms with Gasteiger partial charge in [-0.3, -0.25) is 14.5 Å². The molecule has 20 heavy (non-hydrogen) atoms. The average Bonchev–Trinajstić information content (AvgIpc) is 2.91. The second kappa shape index (κ2) is 4.94. The van der Waals surface area contributed by atoms with Gasteiger partial charge in [0.1, 0.15) is 0 Å². The van der Waals surface area contributed by atoms with Crippen LogP contribution in [0.4, 0.5) is 0 Å². The van der Waals surface area contributed by atoms with E-state index >= 15 is 0 Å². The number of ether oxygens (including phenoxy) is 2. The van der Waals surface area contributed by atoms with Gasteiger partial charge in [0.25, 0.3) is 11.8 Å². The van der Waals surface area contributed by atoms with Gasteiger partial charge in [0.2, 0.25) is 0 Å². The van der Waals surface area contributed by atoms with Crippen LogP contribution in [-0.2, 0) is 9.59 Å². The molecule has 1 aromatic carbocycles. The highest BCUT2D eigenvalue weighted by Gasteiger charge is 2.19. The zero-order valence-electron chi connectivity index (χ0n) is 10.3. The Bertz CT molecular complexity index is 706. The summed E-state index contributed by atoms with van der Waals surface area (Å²) in [4.78, 5) is 24.3. The normalized spacial score (nSPS) is 15.4. The Labute approximate surface area is 115 Å². The zero-order chi connectivity index (χ0) is 13.9. The van der Waals surface area contributed by atoms with Crippen LogP contribution in [0.1, 0.15) is 5.56 Å². The summed E-state index contributed by atoms with van der Waals surface area (Å²) in [6.07, 6.45) is 10.7. The third-order valence-corrected chi connectivity index (χ3v) is 2.83. The topological polar surface area (TPSA) is 55.8 Å². The van der Waals surface area contributed by atoms with Crippen LogP contribution >= 0.6 is 0 Å². The van der Waals surface area contributed by atoms with Crippen LogP contribution in [0.25, 0.3) is 6.08 Å². The van der Waals surface area contributed by atoms with E-state index in [-0.39, 0.29) is 11.8 Å². The van der Waals surface area contributed by atoms with Crippen LogP contribution in [0.15, 0.2) is 36.4 Å². The molecule has 0 N–H and O–H groups in total. The molecule has 0 aliphatic carbocycles. The van der Waals surface area contributed by atoms with Gasteiger partial charge in [-0.25, -0.2) is 0 Å². The molecule has 5 nitrogen and oxygen atoms in total. The largest absolute Gasteiger partial charge is 0.401 e. The van der Waals surface area contributed by atoms with Crippen molar-refractivity contribution in [2.75, 3.05) is 6.54 Å². The number of hydrogen-bond donors (Lipinski definition) is 0. The lowest BCUT2D eigenvalue weighted by Crippen LogP contribution is -2.30. The molecule has 2 amide bonds. The van der Waals surface area contributed by atoms with E-state index in [1.807, 2.05) is 0 Å². The van der Waals surface area contributed by atoms with E-state index in [9.17, 15) is 9.59 Å². The van der Waals surface area contributed by atoms with Crippen LogP contribution in [0.5, 0.6) is 11.5 Å². The third-order valence-electron chi connectivity index (χ3n) is 2.83. The van der Waals surface area contributed by atoms with Crippen molar-refractivity contribution in [2.24, 2.45) is 0 Å². The Hall–Kier alpha value is -3.00. The van der Waals surface area contributed by atoms with Crippen LogP contribution in [0, 0.1) is 12.2 Å². The van der Waals surface area contributed by atoms with Gasteiger partial charge in [-0.2, -0.15) is 0 Å². The molecule has 0 unspecified atom stereocenters. The summed E-state index contributed by atoms with van der Waals surface area (Å²) in [6.45, 7) is 0.318. The van der Waals surface area contributed by atoms with E-state index in [0.717, 1.165) is 10.5 Å². The van der Waals surface area contributed by atoms with Crippen LogP contribution in [-0.4, -0.2) is 23.3 Å². The summed E-state index contributed by atoms with van der Waals surface area (Å²) in [5.41, 5.74) is 0.754. The standard InChI is InChI=1S/C15H9NO4/c17-14-2-1-7-16(14)15(18)6-4-11-3-5-12-13(10-11)20-9-8-19-12/h1-6,10H,7H2/b6-4+. The van der Waals surface area contributed by atoms with E-state index in [2.05, 4.69) is 12.2 Å². The number of carbonyl (C=O) groups is 2. The molecular formula is C15H9NO4. The van der Waals surface area contributed by atoms with E-state index in [1.54, 1.807) is 30.4 Å². The minimum atomic E-state index is -0.352. The Kier molecular flexibility index (Phi) is 2.98. The lowest BCUT2D eigenvalue weighted by atomic mass is 10.2.